The minimum atomic E-state index is -7.43. The van der Waals surface area contributed by atoms with Gasteiger partial charge in [-0.05, 0) is 0 Å². The van der Waals surface area contributed by atoms with Crippen LogP contribution in [0.4, 0.5) is 61.4 Å². The second-order valence-corrected chi connectivity index (χ2v) is 6.74. The average Bonchev–Trinajstić information content (AvgIpc) is 2.36. The van der Waals surface area contributed by atoms with E-state index in [0.29, 0.717) is 0 Å². The van der Waals surface area contributed by atoms with Gasteiger partial charge in [0.25, 0.3) is 12.2 Å². The van der Waals surface area contributed by atoms with Crippen LogP contribution in [0.15, 0.2) is 0 Å². The van der Waals surface area contributed by atoms with Gasteiger partial charge in [0, 0.05) is 3.89 Å². The van der Waals surface area contributed by atoms with E-state index in [1.165, 1.54) is 0 Å². The monoisotopic (exact) mass is 491 g/mol. The molecule has 21 heteroatoms. The maximum Gasteiger partial charge on any atom is 0.424 e. The molecule has 0 bridgehead atoms. The first-order chi connectivity index (χ1) is 12.0. The lowest BCUT2D eigenvalue weighted by molar-refractivity contribution is -0.313. The quantitative estimate of drug-likeness (QED) is 0.337. The molecule has 0 saturated carbocycles. The van der Waals surface area contributed by atoms with Crippen molar-refractivity contribution in [3.05, 3.63) is 0 Å². The molecule has 0 aromatic carbocycles. The minimum absolute atomic E-state index is 0.0840. The van der Waals surface area contributed by atoms with Gasteiger partial charge in [-0.15, -0.1) is 4.72 Å². The molecule has 0 aromatic rings. The van der Waals surface area contributed by atoms with Crippen molar-refractivity contribution in [2.24, 2.45) is 0 Å². The highest BCUT2D eigenvalue weighted by molar-refractivity contribution is 7.87. The second kappa shape index (κ2) is 8.41. The fourth-order valence-electron chi connectivity index (χ4n) is 1.13. The van der Waals surface area contributed by atoms with Crippen LogP contribution >= 0.6 is 7.60 Å². The number of nitrogens with one attached hydrogen (secondary N) is 1. The third kappa shape index (κ3) is 7.80. The highest BCUT2D eigenvalue weighted by Gasteiger charge is 2.66. The summed E-state index contributed by atoms with van der Waals surface area (Å²) in [5.74, 6) is 0. The molecule has 0 aliphatic rings. The summed E-state index contributed by atoms with van der Waals surface area (Å²) in [4.78, 5) is 11.1. The summed E-state index contributed by atoms with van der Waals surface area (Å²) >= 11 is -4.31. The fourth-order valence-corrected chi connectivity index (χ4v) is 3.21. The van der Waals surface area contributed by atoms with Crippen LogP contribution in [0.5, 0.6) is 0 Å². The van der Waals surface area contributed by atoms with Gasteiger partial charge in [-0.25, -0.2) is 4.57 Å². The van der Waals surface area contributed by atoms with Crippen LogP contribution in [-0.2, 0) is 25.4 Å². The van der Waals surface area contributed by atoms with Crippen LogP contribution in [0.1, 0.15) is 0 Å². The number of amides is 1. The number of rotatable bonds is 6. The van der Waals surface area contributed by atoms with Crippen LogP contribution < -0.4 is 4.72 Å². The molecule has 0 rings (SSSR count). The molecule has 0 aromatic heterocycles. The molecule has 1 unspecified atom stereocenters. The number of alkyl halides is 12. The predicted octanol–water partition coefficient (Wildman–Crippen LogP) is 4.46. The third-order valence-electron chi connectivity index (χ3n) is 2.09. The van der Waals surface area contributed by atoms with E-state index < -0.39 is 61.9 Å². The second-order valence-electron chi connectivity index (χ2n) is 4.27. The lowest BCUT2D eigenvalue weighted by atomic mass is 10.3. The maximum absolute atomic E-state index is 12.3. The van der Waals surface area contributed by atoms with Crippen LogP contribution in [0.3, 0.4) is 0 Å². The number of hydrogen-bond donors (Lipinski definition) is 1. The molecule has 0 aliphatic carbocycles. The Kier molecular flexibility index (Phi) is 8.11. The molecular formula is C7H3F13NO5PS. The Morgan fingerprint density at radius 2 is 1.04 bits per heavy atom. The van der Waals surface area contributed by atoms with Crippen LogP contribution in [0, 0.1) is 0 Å². The topological polar surface area (TPSA) is 87.7 Å². The zero-order chi connectivity index (χ0) is 22.9. The summed E-state index contributed by atoms with van der Waals surface area (Å²) < 4.78 is 187. The van der Waals surface area contributed by atoms with E-state index >= 15 is 0 Å². The van der Waals surface area contributed by atoms with Crippen LogP contribution in [-0.4, -0.2) is 47.1 Å². The van der Waals surface area contributed by atoms with E-state index in [1.54, 1.807) is 0 Å². The van der Waals surface area contributed by atoms with Gasteiger partial charge in [0.05, 0.1) is 0 Å². The molecule has 0 spiro atoms. The van der Waals surface area contributed by atoms with Gasteiger partial charge in [0.2, 0.25) is 0 Å². The first kappa shape index (κ1) is 27.0. The zero-order valence-corrected chi connectivity index (χ0v) is 13.7. The van der Waals surface area contributed by atoms with E-state index in [0.717, 1.165) is 0 Å². The highest BCUT2D eigenvalue weighted by Crippen LogP contribution is 2.58. The van der Waals surface area contributed by atoms with Gasteiger partial charge in [-0.3, -0.25) is 13.8 Å². The number of halogens is 13. The Labute approximate surface area is 147 Å². The van der Waals surface area contributed by atoms with Crippen molar-refractivity contribution in [1.29, 1.82) is 0 Å². The maximum atomic E-state index is 12.3. The van der Waals surface area contributed by atoms with Gasteiger partial charge in [0.15, 0.2) is 0 Å². The van der Waals surface area contributed by atoms with Gasteiger partial charge >= 0.3 is 49.7 Å². The molecule has 0 fully saturated rings. The van der Waals surface area contributed by atoms with Gasteiger partial charge in [-0.2, -0.15) is 52.7 Å². The molecule has 28 heavy (non-hydrogen) atoms. The zero-order valence-electron chi connectivity index (χ0n) is 12.0. The Morgan fingerprint density at radius 1 is 0.786 bits per heavy atom. The van der Waals surface area contributed by atoms with Crippen molar-refractivity contribution < 1.29 is 79.5 Å². The Morgan fingerprint density at radius 3 is 1.21 bits per heavy atom. The molecule has 6 nitrogen and oxygen atoms in total. The summed E-state index contributed by atoms with van der Waals surface area (Å²) in [6.07, 6.45) is -37.5. The van der Waals surface area contributed by atoms with Crippen LogP contribution in [0.25, 0.3) is 0 Å². The summed E-state index contributed by atoms with van der Waals surface area (Å²) in [7, 11) is -7.43. The summed E-state index contributed by atoms with van der Waals surface area (Å²) in [6, 6.07) is 0. The normalized spacial score (nSPS) is 15.9. The van der Waals surface area contributed by atoms with Gasteiger partial charge < -0.3 is 4.55 Å². The molecular weight excluding hydrogens is 488 g/mol. The predicted molar refractivity (Wildman–Crippen MR) is 59.4 cm³/mol. The Balaban J connectivity index is 6.31. The molecule has 168 valence electrons. The summed E-state index contributed by atoms with van der Waals surface area (Å²) in [5, 5.41) is 0. The Bertz CT molecular complexity index is 532. The van der Waals surface area contributed by atoms with Gasteiger partial charge in [0.1, 0.15) is 0 Å². The van der Waals surface area contributed by atoms with Gasteiger partial charge in [-0.1, -0.05) is 0 Å². The molecule has 0 saturated heterocycles. The lowest BCUT2D eigenvalue weighted by Gasteiger charge is -2.29. The van der Waals surface area contributed by atoms with Crippen molar-refractivity contribution >= 4 is 25.0 Å². The lowest BCUT2D eigenvalue weighted by Crippen LogP contribution is -2.48. The van der Waals surface area contributed by atoms with E-state index in [1.807, 2.05) is 0 Å². The summed E-state index contributed by atoms with van der Waals surface area (Å²) in [6.45, 7) is 0. The third-order valence-corrected chi connectivity index (χ3v) is 4.18. The molecule has 0 radical (unpaired) electrons. The van der Waals surface area contributed by atoms with Crippen LogP contribution in [0.2, 0.25) is 0 Å². The Hall–Kier alpha value is -0.980. The average molecular weight is 491 g/mol. The summed E-state index contributed by atoms with van der Waals surface area (Å²) in [5.41, 5.74) is -3.34. The van der Waals surface area contributed by atoms with E-state index in [2.05, 4.69) is 9.05 Å². The van der Waals surface area contributed by atoms with Crippen molar-refractivity contribution in [2.45, 2.75) is 36.9 Å². The highest BCUT2D eigenvalue weighted by atomic mass is 32.3. The van der Waals surface area contributed by atoms with Crippen molar-refractivity contribution in [3.8, 4) is 0 Å². The molecule has 0 heterocycles. The van der Waals surface area contributed by atoms with E-state index in [-0.39, 0.29) is 4.72 Å². The van der Waals surface area contributed by atoms with E-state index in [9.17, 15) is 70.5 Å². The number of carbonyl (C=O) groups is 1. The molecule has 1 atom stereocenters. The first-order valence-corrected chi connectivity index (χ1v) is 8.24. The number of carbonyl (C=O) groups excluding carboxylic acids is 1. The molecule has 1 amide bonds. The minimum Gasteiger partial charge on any atom is -0.555 e. The fraction of sp³-hybridized carbons (Fsp3) is 0.857. The van der Waals surface area contributed by atoms with Crippen molar-refractivity contribution in [1.82, 2.24) is 4.72 Å². The largest absolute Gasteiger partial charge is 0.555 e. The van der Waals surface area contributed by atoms with Crippen molar-refractivity contribution in [2.75, 3.05) is 0 Å². The van der Waals surface area contributed by atoms with Crippen molar-refractivity contribution in [3.63, 3.8) is 0 Å². The first-order valence-electron chi connectivity index (χ1n) is 5.64. The molecule has 1 N–H and O–H groups in total. The smallest absolute Gasteiger partial charge is 0.424 e. The SMILES string of the molecule is O=C(N[S+]([O-])F)P(=O)(OC(C(F)(F)F)C(F)(F)F)OC(C(F)(F)F)C(F)(F)F. The number of hydrogen-bond acceptors (Lipinski definition) is 5. The standard InChI is InChI=1S/C7H3F13NO5PS/c8-4(9,10)1(5(11,12)13)25-27(23,3(22)21-28(20)24)26-2(6(14,15)16)7(17,18)19/h1-2H,(H,21,22). The molecule has 0 aliphatic heterocycles. The van der Waals surface area contributed by atoms with E-state index in [4.69, 9.17) is 0 Å².